The van der Waals surface area contributed by atoms with Crippen molar-refractivity contribution < 1.29 is 9.21 Å². The van der Waals surface area contributed by atoms with E-state index in [0.29, 0.717) is 58.9 Å². The van der Waals surface area contributed by atoms with Crippen molar-refractivity contribution in [1.29, 1.82) is 0 Å². The molecule has 5 rings (SSSR count). The summed E-state index contributed by atoms with van der Waals surface area (Å²) in [5.74, 6) is 0.0723. The highest BCUT2D eigenvalue weighted by atomic mass is 35.5. The van der Waals surface area contributed by atoms with Gasteiger partial charge in [-0.25, -0.2) is 9.97 Å². The molecule has 9 nitrogen and oxygen atoms in total. The number of benzene rings is 1. The molecule has 1 aliphatic rings. The van der Waals surface area contributed by atoms with Gasteiger partial charge in [0.15, 0.2) is 11.4 Å². The second-order valence-electron chi connectivity index (χ2n) is 8.31. The number of fused-ring (bicyclic) bond motifs is 1. The van der Waals surface area contributed by atoms with Gasteiger partial charge in [0.2, 0.25) is 0 Å². The van der Waals surface area contributed by atoms with E-state index in [0.717, 1.165) is 6.42 Å². The number of halogens is 1. The zero-order chi connectivity index (χ0) is 24.4. The molecule has 1 atom stereocenters. The molecule has 0 radical (unpaired) electrons. The molecule has 1 amide bonds. The lowest BCUT2D eigenvalue weighted by atomic mass is 10.1. The van der Waals surface area contributed by atoms with Gasteiger partial charge in [0, 0.05) is 49.3 Å². The van der Waals surface area contributed by atoms with Crippen molar-refractivity contribution in [3.8, 4) is 0 Å². The standard InChI is InChI=1S/C25H24ClN7O2/c1-16-8-12-32(25-31-19-15-17(26)6-7-20(19)35-25)13-14-33(16)24(34)22(27)21(18-5-2-3-9-28-18)23-29-10-4-11-30-23/h2-7,9-11,15-16H,8,12-14,27H2,1H3/b22-21-/t16-/m1/s1. The highest BCUT2D eigenvalue weighted by Crippen LogP contribution is 2.27. The lowest BCUT2D eigenvalue weighted by Crippen LogP contribution is -2.42. The van der Waals surface area contributed by atoms with Gasteiger partial charge in [-0.15, -0.1) is 0 Å². The van der Waals surface area contributed by atoms with E-state index in [-0.39, 0.29) is 17.6 Å². The molecule has 1 saturated heterocycles. The number of pyridine rings is 1. The average Bonchev–Trinajstić information content (AvgIpc) is 3.20. The van der Waals surface area contributed by atoms with Gasteiger partial charge in [0.05, 0.1) is 11.3 Å². The second-order valence-corrected chi connectivity index (χ2v) is 8.74. The van der Waals surface area contributed by atoms with Crippen LogP contribution in [-0.4, -0.2) is 56.4 Å². The van der Waals surface area contributed by atoms with E-state index in [1.807, 2.05) is 17.9 Å². The first-order valence-corrected chi connectivity index (χ1v) is 11.7. The maximum atomic E-state index is 13.7. The van der Waals surface area contributed by atoms with Gasteiger partial charge in [-0.2, -0.15) is 4.98 Å². The van der Waals surface area contributed by atoms with Crippen LogP contribution in [0.5, 0.6) is 0 Å². The Balaban J connectivity index is 1.43. The van der Waals surface area contributed by atoms with Gasteiger partial charge >= 0.3 is 0 Å². The van der Waals surface area contributed by atoms with Crippen molar-refractivity contribution >= 4 is 40.2 Å². The van der Waals surface area contributed by atoms with E-state index in [4.69, 9.17) is 21.8 Å². The van der Waals surface area contributed by atoms with Crippen molar-refractivity contribution in [2.24, 2.45) is 5.73 Å². The molecular weight excluding hydrogens is 466 g/mol. The summed E-state index contributed by atoms with van der Waals surface area (Å²) in [6.07, 6.45) is 5.60. The van der Waals surface area contributed by atoms with Crippen molar-refractivity contribution in [3.05, 3.63) is 83.3 Å². The number of nitrogens with zero attached hydrogens (tertiary/aromatic N) is 6. The van der Waals surface area contributed by atoms with Gasteiger partial charge in [-0.1, -0.05) is 17.7 Å². The molecule has 1 aromatic carbocycles. The lowest BCUT2D eigenvalue weighted by Gasteiger charge is -2.27. The molecule has 4 aromatic rings. The Bertz CT molecular complexity index is 1330. The summed E-state index contributed by atoms with van der Waals surface area (Å²) in [7, 11) is 0. The summed E-state index contributed by atoms with van der Waals surface area (Å²) in [4.78, 5) is 35.1. The van der Waals surface area contributed by atoms with Crippen LogP contribution in [0.25, 0.3) is 16.7 Å². The number of rotatable bonds is 4. The van der Waals surface area contributed by atoms with E-state index in [2.05, 4.69) is 19.9 Å². The summed E-state index contributed by atoms with van der Waals surface area (Å²) in [6, 6.07) is 13.0. The predicted octanol–water partition coefficient (Wildman–Crippen LogP) is 3.51. The van der Waals surface area contributed by atoms with Crippen molar-refractivity contribution in [3.63, 3.8) is 0 Å². The summed E-state index contributed by atoms with van der Waals surface area (Å²) in [5.41, 5.74) is 8.88. The quantitative estimate of drug-likeness (QED) is 0.433. The molecule has 0 saturated carbocycles. The molecule has 1 aliphatic heterocycles. The van der Waals surface area contributed by atoms with Crippen molar-refractivity contribution in [2.75, 3.05) is 24.5 Å². The van der Waals surface area contributed by atoms with Crippen LogP contribution >= 0.6 is 11.6 Å². The number of aromatic nitrogens is 4. The minimum Gasteiger partial charge on any atom is -0.423 e. The molecule has 178 valence electrons. The number of amides is 1. The normalized spacial score (nSPS) is 17.3. The molecule has 4 heterocycles. The van der Waals surface area contributed by atoms with Crippen LogP contribution in [0.1, 0.15) is 24.9 Å². The predicted molar refractivity (Wildman–Crippen MR) is 134 cm³/mol. The first-order chi connectivity index (χ1) is 17.0. The van der Waals surface area contributed by atoms with Crippen LogP contribution in [0.15, 0.2) is 71.2 Å². The van der Waals surface area contributed by atoms with E-state index < -0.39 is 0 Å². The molecule has 0 unspecified atom stereocenters. The molecule has 0 aliphatic carbocycles. The van der Waals surface area contributed by atoms with E-state index in [1.165, 1.54) is 0 Å². The SMILES string of the molecule is C[C@@H]1CCN(c2nc3cc(Cl)ccc3o2)CCN1C(=O)/C(N)=C(\c1ccccn1)c1ncccn1. The minimum atomic E-state index is -0.281. The first kappa shape index (κ1) is 22.8. The third-order valence-corrected chi connectivity index (χ3v) is 6.27. The topological polar surface area (TPSA) is 114 Å². The lowest BCUT2D eigenvalue weighted by molar-refractivity contribution is -0.128. The number of hydrogen-bond donors (Lipinski definition) is 1. The fraction of sp³-hybridized carbons (Fsp3) is 0.240. The van der Waals surface area contributed by atoms with Crippen LogP contribution in [0, 0.1) is 0 Å². The Kier molecular flexibility index (Phi) is 6.33. The zero-order valence-corrected chi connectivity index (χ0v) is 19.9. The van der Waals surface area contributed by atoms with Gasteiger partial charge < -0.3 is 20.0 Å². The third-order valence-electron chi connectivity index (χ3n) is 6.04. The van der Waals surface area contributed by atoms with E-state index >= 15 is 0 Å². The fourth-order valence-electron chi connectivity index (χ4n) is 4.15. The molecule has 0 bridgehead atoms. The third kappa shape index (κ3) is 4.67. The summed E-state index contributed by atoms with van der Waals surface area (Å²) in [5, 5.41) is 0.604. The summed E-state index contributed by atoms with van der Waals surface area (Å²) in [6.45, 7) is 3.69. The number of nitrogens with two attached hydrogens (primary N) is 1. The van der Waals surface area contributed by atoms with Gasteiger partial charge in [-0.3, -0.25) is 9.78 Å². The van der Waals surface area contributed by atoms with E-state index in [9.17, 15) is 4.79 Å². The number of hydrogen-bond acceptors (Lipinski definition) is 8. The molecule has 2 N–H and O–H groups in total. The van der Waals surface area contributed by atoms with Crippen LogP contribution in [0.2, 0.25) is 5.02 Å². The summed E-state index contributed by atoms with van der Waals surface area (Å²) < 4.78 is 5.94. The molecule has 35 heavy (non-hydrogen) atoms. The van der Waals surface area contributed by atoms with Crippen LogP contribution in [0.3, 0.4) is 0 Å². The van der Waals surface area contributed by atoms with Crippen LogP contribution < -0.4 is 10.6 Å². The highest BCUT2D eigenvalue weighted by molar-refractivity contribution is 6.31. The monoisotopic (exact) mass is 489 g/mol. The molecule has 0 spiro atoms. The van der Waals surface area contributed by atoms with Gasteiger partial charge in [0.25, 0.3) is 11.9 Å². The molecule has 10 heteroatoms. The largest absolute Gasteiger partial charge is 0.423 e. The molecule has 3 aromatic heterocycles. The number of anilines is 1. The number of oxazole rings is 1. The number of carbonyl (C=O) groups is 1. The number of carbonyl (C=O) groups excluding carboxylic acids is 1. The van der Waals surface area contributed by atoms with Gasteiger partial charge in [0.1, 0.15) is 11.2 Å². The van der Waals surface area contributed by atoms with Crippen molar-refractivity contribution in [2.45, 2.75) is 19.4 Å². The smallest absolute Gasteiger partial charge is 0.298 e. The Morgan fingerprint density at radius 3 is 2.63 bits per heavy atom. The first-order valence-electron chi connectivity index (χ1n) is 11.3. The van der Waals surface area contributed by atoms with Crippen molar-refractivity contribution in [1.82, 2.24) is 24.8 Å². The Hall–Kier alpha value is -3.98. The fourth-order valence-corrected chi connectivity index (χ4v) is 4.32. The van der Waals surface area contributed by atoms with Gasteiger partial charge in [-0.05, 0) is 49.7 Å². The maximum absolute atomic E-state index is 13.7. The molecular formula is C25H24ClN7O2. The highest BCUT2D eigenvalue weighted by Gasteiger charge is 2.30. The Morgan fingerprint density at radius 2 is 1.86 bits per heavy atom. The Labute approximate surface area is 207 Å². The second kappa shape index (κ2) is 9.71. The molecule has 1 fully saturated rings. The van der Waals surface area contributed by atoms with E-state index in [1.54, 1.807) is 59.9 Å². The zero-order valence-electron chi connectivity index (χ0n) is 19.1. The van der Waals surface area contributed by atoms with Crippen LogP contribution in [0.4, 0.5) is 6.01 Å². The maximum Gasteiger partial charge on any atom is 0.298 e. The minimum absolute atomic E-state index is 0.0495. The summed E-state index contributed by atoms with van der Waals surface area (Å²) >= 11 is 6.09. The average molecular weight is 490 g/mol. The van der Waals surface area contributed by atoms with Crippen LogP contribution in [-0.2, 0) is 4.79 Å². The Morgan fingerprint density at radius 1 is 1.06 bits per heavy atom.